The lowest BCUT2D eigenvalue weighted by molar-refractivity contribution is -0.121. The van der Waals surface area contributed by atoms with Gasteiger partial charge >= 0.3 is 0 Å². The maximum absolute atomic E-state index is 12.8. The lowest BCUT2D eigenvalue weighted by Gasteiger charge is -2.20. The standard InChI is InChI=1S/C30H30N2O3S/c1-23(25-11-5-2-6-12-25)32-36(34,35)28-20-17-24(18-21-28)19-22-29(33)31-30(26-13-7-3-8-14-26)27-15-9-4-10-16-27/h2-18,20-21,23,30,32H,19,22H2,1H3,(H,31,33)/t23-/m0/s1. The topological polar surface area (TPSA) is 75.3 Å². The Bertz CT molecular complexity index is 1320. The molecular formula is C30H30N2O3S. The number of sulfonamides is 1. The summed E-state index contributed by atoms with van der Waals surface area (Å²) in [6, 6.07) is 35.3. The molecule has 0 aliphatic rings. The quantitative estimate of drug-likeness (QED) is 0.300. The summed E-state index contributed by atoms with van der Waals surface area (Å²) in [5, 5.41) is 3.15. The smallest absolute Gasteiger partial charge is 0.241 e. The van der Waals surface area contributed by atoms with Crippen LogP contribution >= 0.6 is 0 Å². The Morgan fingerprint density at radius 1 is 0.694 bits per heavy atom. The van der Waals surface area contributed by atoms with Crippen molar-refractivity contribution in [2.45, 2.75) is 36.7 Å². The van der Waals surface area contributed by atoms with Crippen LogP contribution in [0.1, 0.15) is 47.7 Å². The van der Waals surface area contributed by atoms with Gasteiger partial charge < -0.3 is 5.32 Å². The monoisotopic (exact) mass is 498 g/mol. The third kappa shape index (κ3) is 6.68. The summed E-state index contributed by atoms with van der Waals surface area (Å²) in [6.07, 6.45) is 0.807. The van der Waals surface area contributed by atoms with Crippen molar-refractivity contribution in [1.29, 1.82) is 0 Å². The predicted molar refractivity (Wildman–Crippen MR) is 143 cm³/mol. The van der Waals surface area contributed by atoms with Crippen molar-refractivity contribution in [3.05, 3.63) is 138 Å². The van der Waals surface area contributed by atoms with Crippen molar-refractivity contribution in [2.75, 3.05) is 0 Å². The second-order valence-electron chi connectivity index (χ2n) is 8.72. The number of carbonyl (C=O) groups excluding carboxylic acids is 1. The van der Waals surface area contributed by atoms with Crippen LogP contribution in [0.2, 0.25) is 0 Å². The second-order valence-corrected chi connectivity index (χ2v) is 10.4. The van der Waals surface area contributed by atoms with Gasteiger partial charge in [-0.2, -0.15) is 0 Å². The number of hydrogen-bond donors (Lipinski definition) is 2. The van der Waals surface area contributed by atoms with Gasteiger partial charge in [-0.1, -0.05) is 103 Å². The summed E-state index contributed by atoms with van der Waals surface area (Å²) in [5.74, 6) is -0.0669. The number of hydrogen-bond acceptors (Lipinski definition) is 3. The third-order valence-electron chi connectivity index (χ3n) is 6.08. The molecule has 0 aliphatic heterocycles. The number of benzene rings is 4. The van der Waals surface area contributed by atoms with Gasteiger partial charge in [-0.25, -0.2) is 13.1 Å². The van der Waals surface area contributed by atoms with Crippen molar-refractivity contribution in [3.63, 3.8) is 0 Å². The molecule has 0 aromatic heterocycles. The first-order chi connectivity index (χ1) is 17.4. The average Bonchev–Trinajstić information content (AvgIpc) is 2.92. The van der Waals surface area contributed by atoms with Crippen molar-refractivity contribution in [2.24, 2.45) is 0 Å². The highest BCUT2D eigenvalue weighted by Gasteiger charge is 2.19. The Kier molecular flexibility index (Phi) is 8.31. The largest absolute Gasteiger partial charge is 0.345 e. The fourth-order valence-electron chi connectivity index (χ4n) is 4.09. The Labute approximate surface area is 213 Å². The van der Waals surface area contributed by atoms with E-state index in [1.165, 1.54) is 0 Å². The highest BCUT2D eigenvalue weighted by molar-refractivity contribution is 7.89. The molecule has 0 aliphatic carbocycles. The lowest BCUT2D eigenvalue weighted by Crippen LogP contribution is -2.29. The van der Waals surface area contributed by atoms with E-state index < -0.39 is 10.0 Å². The van der Waals surface area contributed by atoms with Gasteiger partial charge in [0, 0.05) is 12.5 Å². The zero-order valence-corrected chi connectivity index (χ0v) is 21.0. The molecule has 4 aromatic rings. The van der Waals surface area contributed by atoms with E-state index in [0.717, 1.165) is 22.3 Å². The molecule has 0 bridgehead atoms. The van der Waals surface area contributed by atoms with E-state index in [0.29, 0.717) is 12.8 Å². The third-order valence-corrected chi connectivity index (χ3v) is 7.63. The minimum atomic E-state index is -3.66. The van der Waals surface area contributed by atoms with Gasteiger partial charge in [-0.3, -0.25) is 4.79 Å². The van der Waals surface area contributed by atoms with Crippen LogP contribution in [0.15, 0.2) is 120 Å². The van der Waals surface area contributed by atoms with Gasteiger partial charge in [0.25, 0.3) is 0 Å². The van der Waals surface area contributed by atoms with E-state index in [4.69, 9.17) is 0 Å². The number of rotatable bonds is 10. The number of nitrogens with one attached hydrogen (secondary N) is 2. The van der Waals surface area contributed by atoms with Gasteiger partial charge in [0.15, 0.2) is 0 Å². The second kappa shape index (κ2) is 11.8. The number of carbonyl (C=O) groups is 1. The Morgan fingerprint density at radius 3 is 1.67 bits per heavy atom. The Hall–Kier alpha value is -3.74. The summed E-state index contributed by atoms with van der Waals surface area (Å²) in [7, 11) is -3.66. The molecule has 5 nitrogen and oxygen atoms in total. The van der Waals surface area contributed by atoms with E-state index in [-0.39, 0.29) is 22.9 Å². The van der Waals surface area contributed by atoms with Crippen molar-refractivity contribution >= 4 is 15.9 Å². The molecule has 4 rings (SSSR count). The highest BCUT2D eigenvalue weighted by atomic mass is 32.2. The molecule has 2 N–H and O–H groups in total. The minimum Gasteiger partial charge on any atom is -0.345 e. The molecule has 4 aromatic carbocycles. The highest BCUT2D eigenvalue weighted by Crippen LogP contribution is 2.22. The van der Waals surface area contributed by atoms with Crippen LogP contribution in [-0.2, 0) is 21.2 Å². The Balaban J connectivity index is 1.37. The molecule has 0 spiro atoms. The summed E-state index contributed by atoms with van der Waals surface area (Å²) >= 11 is 0. The van der Waals surface area contributed by atoms with Crippen molar-refractivity contribution < 1.29 is 13.2 Å². The number of aryl methyl sites for hydroxylation is 1. The fraction of sp³-hybridized carbons (Fsp3) is 0.167. The van der Waals surface area contributed by atoms with E-state index in [1.54, 1.807) is 24.3 Å². The van der Waals surface area contributed by atoms with Gasteiger partial charge in [0.2, 0.25) is 15.9 Å². The van der Waals surface area contributed by atoms with Crippen molar-refractivity contribution in [3.8, 4) is 0 Å². The minimum absolute atomic E-state index is 0.0669. The van der Waals surface area contributed by atoms with E-state index >= 15 is 0 Å². The molecule has 0 heterocycles. The van der Waals surface area contributed by atoms with Gasteiger partial charge in [0.05, 0.1) is 10.9 Å². The van der Waals surface area contributed by atoms with E-state index in [9.17, 15) is 13.2 Å². The SMILES string of the molecule is C[C@H](NS(=O)(=O)c1ccc(CCC(=O)NC(c2ccccc2)c2ccccc2)cc1)c1ccccc1. The fourth-order valence-corrected chi connectivity index (χ4v) is 5.32. The molecule has 0 fully saturated rings. The molecule has 0 radical (unpaired) electrons. The number of amides is 1. The molecule has 36 heavy (non-hydrogen) atoms. The zero-order valence-electron chi connectivity index (χ0n) is 20.2. The molecule has 184 valence electrons. The maximum atomic E-state index is 12.8. The van der Waals surface area contributed by atoms with Crippen LogP contribution in [0.25, 0.3) is 0 Å². The van der Waals surface area contributed by atoms with Crippen LogP contribution in [0.5, 0.6) is 0 Å². The van der Waals surface area contributed by atoms with Gasteiger partial charge in [-0.15, -0.1) is 0 Å². The Morgan fingerprint density at radius 2 is 1.17 bits per heavy atom. The summed E-state index contributed by atoms with van der Waals surface area (Å²) in [4.78, 5) is 13.0. The van der Waals surface area contributed by atoms with E-state index in [1.807, 2.05) is 97.9 Å². The normalized spacial score (nSPS) is 12.3. The molecule has 0 unspecified atom stereocenters. The average molecular weight is 499 g/mol. The van der Waals surface area contributed by atoms with Gasteiger partial charge in [0.1, 0.15) is 0 Å². The molecule has 0 saturated carbocycles. The van der Waals surface area contributed by atoms with Crippen molar-refractivity contribution in [1.82, 2.24) is 10.0 Å². The van der Waals surface area contributed by atoms with Crippen LogP contribution in [-0.4, -0.2) is 14.3 Å². The summed E-state index contributed by atoms with van der Waals surface area (Å²) < 4.78 is 28.3. The predicted octanol–water partition coefficient (Wildman–Crippen LogP) is 5.56. The van der Waals surface area contributed by atoms with Crippen LogP contribution < -0.4 is 10.0 Å². The van der Waals surface area contributed by atoms with Crippen LogP contribution in [0.3, 0.4) is 0 Å². The van der Waals surface area contributed by atoms with Gasteiger partial charge in [-0.05, 0) is 47.7 Å². The molecule has 0 saturated heterocycles. The summed E-state index contributed by atoms with van der Waals surface area (Å²) in [6.45, 7) is 1.82. The molecule has 1 atom stereocenters. The lowest BCUT2D eigenvalue weighted by atomic mass is 9.98. The molecule has 1 amide bonds. The molecular weight excluding hydrogens is 468 g/mol. The summed E-state index contributed by atoms with van der Waals surface area (Å²) in [5.41, 5.74) is 3.83. The van der Waals surface area contributed by atoms with Crippen LogP contribution in [0.4, 0.5) is 0 Å². The maximum Gasteiger partial charge on any atom is 0.241 e. The first-order valence-corrected chi connectivity index (χ1v) is 13.5. The first kappa shape index (κ1) is 25.4. The first-order valence-electron chi connectivity index (χ1n) is 12.0. The van der Waals surface area contributed by atoms with E-state index in [2.05, 4.69) is 10.0 Å². The molecule has 6 heteroatoms. The van der Waals surface area contributed by atoms with Crippen LogP contribution in [0, 0.1) is 0 Å². The zero-order chi connectivity index (χ0) is 25.4.